The van der Waals surface area contributed by atoms with Gasteiger partial charge in [0.05, 0.1) is 22.1 Å². The Labute approximate surface area is 383 Å². The SMILES string of the molecule is CC1C=C(c2cccc3c2sc2ccc(-n4c5ccccc5c5ccccc54)cc23)C=C(c2cccc(-c3cccc4c3sc3ccc(-n5c6ccccc6c6ccccc65)cc34)c2)C1. The van der Waals surface area contributed by atoms with Gasteiger partial charge in [0.1, 0.15) is 0 Å². The fraction of sp³-hybridized carbons (Fsp3) is 0.0492. The highest BCUT2D eigenvalue weighted by molar-refractivity contribution is 7.26. The average molecular weight is 865 g/mol. The number of benzene rings is 9. The topological polar surface area (TPSA) is 9.86 Å². The van der Waals surface area contributed by atoms with E-state index in [-0.39, 0.29) is 0 Å². The van der Waals surface area contributed by atoms with E-state index in [2.05, 4.69) is 222 Å². The van der Waals surface area contributed by atoms with Crippen molar-refractivity contribution in [2.75, 3.05) is 0 Å². The predicted octanol–water partition coefficient (Wildman–Crippen LogP) is 17.8. The van der Waals surface area contributed by atoms with Crippen LogP contribution in [-0.4, -0.2) is 9.13 Å². The second-order valence-electron chi connectivity index (χ2n) is 17.7. The van der Waals surface area contributed by atoms with Crippen LogP contribution in [0.15, 0.2) is 206 Å². The van der Waals surface area contributed by atoms with Crippen LogP contribution in [0.3, 0.4) is 0 Å². The summed E-state index contributed by atoms with van der Waals surface area (Å²) in [4.78, 5) is 0. The van der Waals surface area contributed by atoms with E-state index in [4.69, 9.17) is 0 Å². The fourth-order valence-corrected chi connectivity index (χ4v) is 13.4. The van der Waals surface area contributed by atoms with Gasteiger partial charge < -0.3 is 9.13 Å². The number of para-hydroxylation sites is 4. The van der Waals surface area contributed by atoms with Gasteiger partial charge in [-0.25, -0.2) is 0 Å². The molecule has 0 aliphatic heterocycles. The number of rotatable bonds is 5. The van der Waals surface area contributed by atoms with Gasteiger partial charge in [-0.2, -0.15) is 0 Å². The number of nitrogens with zero attached hydrogens (tertiary/aromatic N) is 2. The highest BCUT2D eigenvalue weighted by Gasteiger charge is 2.21. The summed E-state index contributed by atoms with van der Waals surface area (Å²) in [6.07, 6.45) is 5.97. The quantitative estimate of drug-likeness (QED) is 0.163. The van der Waals surface area contributed by atoms with Gasteiger partial charge in [0, 0.05) is 73.3 Å². The summed E-state index contributed by atoms with van der Waals surface area (Å²) < 4.78 is 10.2. The van der Waals surface area contributed by atoms with Crippen molar-refractivity contribution in [3.8, 4) is 22.5 Å². The Morgan fingerprint density at radius 3 is 1.38 bits per heavy atom. The fourth-order valence-electron chi connectivity index (χ4n) is 11.0. The van der Waals surface area contributed by atoms with Gasteiger partial charge in [-0.1, -0.05) is 146 Å². The Morgan fingerprint density at radius 1 is 0.400 bits per heavy atom. The van der Waals surface area contributed by atoms with E-state index in [1.807, 2.05) is 22.7 Å². The van der Waals surface area contributed by atoms with Gasteiger partial charge in [0.15, 0.2) is 0 Å². The summed E-state index contributed by atoms with van der Waals surface area (Å²) in [5.74, 6) is 0.412. The minimum atomic E-state index is 0.412. The molecule has 1 aliphatic rings. The first-order valence-corrected chi connectivity index (χ1v) is 24.2. The van der Waals surface area contributed by atoms with Gasteiger partial charge >= 0.3 is 0 Å². The molecule has 14 rings (SSSR count). The van der Waals surface area contributed by atoms with Crippen molar-refractivity contribution in [1.29, 1.82) is 0 Å². The van der Waals surface area contributed by atoms with E-state index in [9.17, 15) is 0 Å². The third-order valence-electron chi connectivity index (χ3n) is 13.8. The Balaban J connectivity index is 0.840. The Morgan fingerprint density at radius 2 is 0.846 bits per heavy atom. The van der Waals surface area contributed by atoms with Gasteiger partial charge in [0.2, 0.25) is 0 Å². The lowest BCUT2D eigenvalue weighted by Gasteiger charge is -2.20. The number of thiophene rings is 2. The zero-order valence-electron chi connectivity index (χ0n) is 35.6. The molecule has 4 heterocycles. The highest BCUT2D eigenvalue weighted by Crippen LogP contribution is 2.45. The van der Waals surface area contributed by atoms with E-state index in [0.29, 0.717) is 5.92 Å². The second kappa shape index (κ2) is 14.3. The number of hydrogen-bond acceptors (Lipinski definition) is 2. The Hall–Kier alpha value is -7.50. The van der Waals surface area contributed by atoms with Crippen LogP contribution in [0.2, 0.25) is 0 Å². The number of allylic oxidation sites excluding steroid dienone is 4. The van der Waals surface area contributed by atoms with E-state index < -0.39 is 0 Å². The molecule has 0 saturated heterocycles. The first-order valence-electron chi connectivity index (χ1n) is 22.5. The van der Waals surface area contributed by atoms with Crippen LogP contribution in [0.25, 0.3) is 118 Å². The highest BCUT2D eigenvalue weighted by atomic mass is 32.1. The first kappa shape index (κ1) is 36.9. The lowest BCUT2D eigenvalue weighted by molar-refractivity contribution is 0.752. The molecule has 1 aliphatic carbocycles. The summed E-state index contributed by atoms with van der Waals surface area (Å²) in [5.41, 5.74) is 15.2. The van der Waals surface area contributed by atoms with Crippen LogP contribution in [-0.2, 0) is 0 Å². The van der Waals surface area contributed by atoms with E-state index >= 15 is 0 Å². The molecule has 1 unspecified atom stereocenters. The maximum Gasteiger partial charge on any atom is 0.0541 e. The van der Waals surface area contributed by atoms with Gasteiger partial charge in [-0.05, 0) is 112 Å². The van der Waals surface area contributed by atoms with Gasteiger partial charge in [-0.3, -0.25) is 0 Å². The third kappa shape index (κ3) is 5.64. The van der Waals surface area contributed by atoms with Crippen molar-refractivity contribution in [3.05, 3.63) is 217 Å². The zero-order valence-corrected chi connectivity index (χ0v) is 37.3. The number of hydrogen-bond donors (Lipinski definition) is 0. The maximum atomic E-state index is 2.49. The summed E-state index contributed by atoms with van der Waals surface area (Å²) in [7, 11) is 0. The first-order chi connectivity index (χ1) is 32.1. The van der Waals surface area contributed by atoms with Crippen LogP contribution in [0, 0.1) is 5.92 Å². The molecular weight excluding hydrogens is 825 g/mol. The van der Waals surface area contributed by atoms with Crippen LogP contribution in [0.4, 0.5) is 0 Å². The molecule has 1 atom stereocenters. The molecule has 4 aromatic heterocycles. The molecule has 2 nitrogen and oxygen atoms in total. The molecule has 4 heteroatoms. The van der Waals surface area contributed by atoms with Crippen LogP contribution in [0.1, 0.15) is 24.5 Å². The Bertz CT molecular complexity index is 4080. The molecule has 0 radical (unpaired) electrons. The molecule has 0 N–H and O–H groups in total. The van der Waals surface area contributed by atoms with Crippen molar-refractivity contribution in [3.63, 3.8) is 0 Å². The van der Waals surface area contributed by atoms with Crippen molar-refractivity contribution in [1.82, 2.24) is 9.13 Å². The van der Waals surface area contributed by atoms with Crippen LogP contribution >= 0.6 is 22.7 Å². The largest absolute Gasteiger partial charge is 0.309 e. The lowest BCUT2D eigenvalue weighted by atomic mass is 9.84. The van der Waals surface area contributed by atoms with Crippen molar-refractivity contribution < 1.29 is 0 Å². The monoisotopic (exact) mass is 864 g/mol. The molecule has 9 aromatic carbocycles. The minimum Gasteiger partial charge on any atom is -0.309 e. The Kier molecular flexibility index (Phi) is 8.10. The summed E-state index contributed by atoms with van der Waals surface area (Å²) in [6, 6.07) is 72.2. The van der Waals surface area contributed by atoms with Crippen molar-refractivity contribution in [2.24, 2.45) is 5.92 Å². The van der Waals surface area contributed by atoms with Crippen molar-refractivity contribution in [2.45, 2.75) is 13.3 Å². The standard InChI is InChI=1S/C61H40N2S2/c1-37-31-40(34-41(32-37)45-20-12-22-51-53-36-43(28-30-59(53)65-61(45)51)63-56-25-8-4-17-48(56)49-18-5-9-26-57(49)63)38-13-10-14-39(33-38)44-19-11-21-50-52-35-42(27-29-58(52)64-60(44)50)62-54-23-6-2-15-46(54)47-16-3-7-24-55(47)62/h2-30,32-37H,31H2,1H3. The number of fused-ring (bicyclic) bond motifs is 12. The third-order valence-corrected chi connectivity index (χ3v) is 16.3. The average Bonchev–Trinajstić information content (AvgIpc) is 4.11. The second-order valence-corrected chi connectivity index (χ2v) is 19.8. The van der Waals surface area contributed by atoms with Crippen molar-refractivity contribution >= 4 is 118 Å². The molecule has 0 saturated carbocycles. The predicted molar refractivity (Wildman–Crippen MR) is 283 cm³/mol. The molecule has 0 amide bonds. The minimum absolute atomic E-state index is 0.412. The van der Waals surface area contributed by atoms with Crippen LogP contribution in [0.5, 0.6) is 0 Å². The maximum absolute atomic E-state index is 2.49. The molecule has 0 spiro atoms. The summed E-state index contributed by atoms with van der Waals surface area (Å²) in [5, 5.41) is 10.4. The number of aromatic nitrogens is 2. The van der Waals surface area contributed by atoms with Crippen LogP contribution < -0.4 is 0 Å². The molecule has 306 valence electrons. The lowest BCUT2D eigenvalue weighted by Crippen LogP contribution is -2.01. The molecule has 65 heavy (non-hydrogen) atoms. The zero-order chi connectivity index (χ0) is 42.8. The molecular formula is C61H40N2S2. The summed E-state index contributed by atoms with van der Waals surface area (Å²) >= 11 is 3.82. The van der Waals surface area contributed by atoms with Gasteiger partial charge in [0.25, 0.3) is 0 Å². The van der Waals surface area contributed by atoms with Gasteiger partial charge in [-0.15, -0.1) is 22.7 Å². The van der Waals surface area contributed by atoms with E-state index in [1.165, 1.54) is 129 Å². The summed E-state index contributed by atoms with van der Waals surface area (Å²) in [6.45, 7) is 2.37. The van der Waals surface area contributed by atoms with E-state index in [0.717, 1.165) is 6.42 Å². The smallest absolute Gasteiger partial charge is 0.0541 e. The normalized spacial score (nSPS) is 14.5. The molecule has 0 bridgehead atoms. The molecule has 0 fully saturated rings. The molecule has 13 aromatic rings. The van der Waals surface area contributed by atoms with E-state index in [1.54, 1.807) is 0 Å².